The summed E-state index contributed by atoms with van der Waals surface area (Å²) in [7, 11) is 0. The van der Waals surface area contributed by atoms with Gasteiger partial charge in [0.2, 0.25) is 0 Å². The number of benzene rings is 1. The van der Waals surface area contributed by atoms with Crippen molar-refractivity contribution in [2.45, 2.75) is 20.4 Å². The number of amides is 1. The van der Waals surface area contributed by atoms with Gasteiger partial charge in [0.15, 0.2) is 0 Å². The molecule has 118 valence electrons. The summed E-state index contributed by atoms with van der Waals surface area (Å²) in [6.07, 6.45) is 1.84. The average Bonchev–Trinajstić information content (AvgIpc) is 2.81. The summed E-state index contributed by atoms with van der Waals surface area (Å²) < 4.78 is 1.81. The summed E-state index contributed by atoms with van der Waals surface area (Å²) in [6.45, 7) is 4.15. The summed E-state index contributed by atoms with van der Waals surface area (Å²) in [4.78, 5) is 17.0. The van der Waals surface area contributed by atoms with Crippen LogP contribution in [0.2, 0.25) is 10.0 Å². The van der Waals surface area contributed by atoms with Crippen molar-refractivity contribution in [2.75, 3.05) is 0 Å². The molecule has 0 radical (unpaired) electrons. The summed E-state index contributed by atoms with van der Waals surface area (Å²) in [6, 6.07) is 9.08. The SMILES string of the molecule is Cc1nc2c(C)cccn2c1C(=O)NCc1cc(Cl)cc(Cl)c1. The van der Waals surface area contributed by atoms with E-state index in [0.29, 0.717) is 28.0 Å². The number of carbonyl (C=O) groups is 1. The Kier molecular flexibility index (Phi) is 4.28. The zero-order valence-corrected chi connectivity index (χ0v) is 14.2. The molecule has 0 saturated heterocycles. The molecule has 1 amide bonds. The molecule has 0 fully saturated rings. The number of aryl methyl sites for hydroxylation is 2. The molecule has 3 aromatic rings. The van der Waals surface area contributed by atoms with E-state index in [2.05, 4.69) is 10.3 Å². The van der Waals surface area contributed by atoms with Crippen molar-refractivity contribution in [1.82, 2.24) is 14.7 Å². The smallest absolute Gasteiger partial charge is 0.270 e. The van der Waals surface area contributed by atoms with Gasteiger partial charge >= 0.3 is 0 Å². The average molecular weight is 348 g/mol. The highest BCUT2D eigenvalue weighted by atomic mass is 35.5. The summed E-state index contributed by atoms with van der Waals surface area (Å²) >= 11 is 11.9. The number of aromatic nitrogens is 2. The first-order valence-electron chi connectivity index (χ1n) is 7.13. The highest BCUT2D eigenvalue weighted by Crippen LogP contribution is 2.19. The lowest BCUT2D eigenvalue weighted by atomic mass is 10.2. The molecule has 0 aliphatic heterocycles. The highest BCUT2D eigenvalue weighted by molar-refractivity contribution is 6.34. The number of halogens is 2. The van der Waals surface area contributed by atoms with Crippen molar-refractivity contribution >= 4 is 34.8 Å². The van der Waals surface area contributed by atoms with Crippen LogP contribution >= 0.6 is 23.2 Å². The van der Waals surface area contributed by atoms with Gasteiger partial charge < -0.3 is 5.32 Å². The van der Waals surface area contributed by atoms with Crippen molar-refractivity contribution in [3.05, 3.63) is 69.1 Å². The molecule has 2 heterocycles. The second-order valence-electron chi connectivity index (χ2n) is 5.39. The molecule has 0 unspecified atom stereocenters. The molecule has 2 aromatic heterocycles. The minimum Gasteiger partial charge on any atom is -0.347 e. The number of rotatable bonds is 3. The highest BCUT2D eigenvalue weighted by Gasteiger charge is 2.17. The Morgan fingerprint density at radius 3 is 2.61 bits per heavy atom. The van der Waals surface area contributed by atoms with E-state index >= 15 is 0 Å². The van der Waals surface area contributed by atoms with Crippen LogP contribution in [-0.4, -0.2) is 15.3 Å². The van der Waals surface area contributed by atoms with Crippen LogP contribution in [0, 0.1) is 13.8 Å². The fourth-order valence-electron chi connectivity index (χ4n) is 2.57. The lowest BCUT2D eigenvalue weighted by molar-refractivity contribution is 0.0944. The first-order valence-corrected chi connectivity index (χ1v) is 7.89. The molecule has 0 saturated carbocycles. The van der Waals surface area contributed by atoms with Gasteiger partial charge in [0.1, 0.15) is 11.3 Å². The van der Waals surface area contributed by atoms with Crippen LogP contribution in [0.15, 0.2) is 36.5 Å². The van der Waals surface area contributed by atoms with Crippen molar-refractivity contribution < 1.29 is 4.79 Å². The Hall–Kier alpha value is -2.04. The van der Waals surface area contributed by atoms with Crippen LogP contribution in [0.5, 0.6) is 0 Å². The fourth-order valence-corrected chi connectivity index (χ4v) is 3.14. The predicted octanol–water partition coefficient (Wildman–Crippen LogP) is 4.19. The van der Waals surface area contributed by atoms with Gasteiger partial charge in [-0.1, -0.05) is 29.3 Å². The van der Waals surface area contributed by atoms with Gasteiger partial charge in [0, 0.05) is 22.8 Å². The number of fused-ring (bicyclic) bond motifs is 1. The molecule has 1 N–H and O–H groups in total. The third-order valence-corrected chi connectivity index (χ3v) is 4.05. The third kappa shape index (κ3) is 3.19. The predicted molar refractivity (Wildman–Crippen MR) is 92.3 cm³/mol. The van der Waals surface area contributed by atoms with E-state index in [0.717, 1.165) is 16.8 Å². The van der Waals surface area contributed by atoms with E-state index in [1.807, 2.05) is 36.6 Å². The van der Waals surface area contributed by atoms with Gasteiger partial charge in [-0.05, 0) is 49.2 Å². The Balaban J connectivity index is 1.86. The quantitative estimate of drug-likeness (QED) is 0.772. The molecule has 0 atom stereocenters. The zero-order valence-electron chi connectivity index (χ0n) is 12.7. The van der Waals surface area contributed by atoms with Crippen LogP contribution in [0.25, 0.3) is 5.65 Å². The van der Waals surface area contributed by atoms with Crippen LogP contribution < -0.4 is 5.32 Å². The maximum Gasteiger partial charge on any atom is 0.270 e. The summed E-state index contributed by atoms with van der Waals surface area (Å²) in [5, 5.41) is 3.98. The van der Waals surface area contributed by atoms with Gasteiger partial charge in [-0.25, -0.2) is 4.98 Å². The standard InChI is InChI=1S/C17H15Cl2N3O/c1-10-4-3-5-22-15(11(2)21-16(10)22)17(23)20-9-12-6-13(18)8-14(19)7-12/h3-8H,9H2,1-2H3,(H,20,23). The van der Waals surface area contributed by atoms with E-state index in [1.54, 1.807) is 18.2 Å². The minimum atomic E-state index is -0.184. The number of nitrogens with zero attached hydrogens (tertiary/aromatic N) is 2. The molecular weight excluding hydrogens is 333 g/mol. The molecular formula is C17H15Cl2N3O. The monoisotopic (exact) mass is 347 g/mol. The molecule has 0 aliphatic carbocycles. The van der Waals surface area contributed by atoms with E-state index in [-0.39, 0.29) is 5.91 Å². The Morgan fingerprint density at radius 1 is 1.22 bits per heavy atom. The number of nitrogens with one attached hydrogen (secondary N) is 1. The topological polar surface area (TPSA) is 46.4 Å². The lowest BCUT2D eigenvalue weighted by Crippen LogP contribution is -2.25. The molecule has 0 aliphatic rings. The Bertz CT molecular complexity index is 882. The van der Waals surface area contributed by atoms with E-state index in [1.165, 1.54) is 0 Å². The fraction of sp³-hybridized carbons (Fsp3) is 0.176. The molecule has 6 heteroatoms. The lowest BCUT2D eigenvalue weighted by Gasteiger charge is -2.07. The third-order valence-electron chi connectivity index (χ3n) is 3.61. The second-order valence-corrected chi connectivity index (χ2v) is 6.26. The van der Waals surface area contributed by atoms with Gasteiger partial charge in [-0.3, -0.25) is 9.20 Å². The second kappa shape index (κ2) is 6.22. The van der Waals surface area contributed by atoms with Gasteiger partial charge in [-0.15, -0.1) is 0 Å². The molecule has 3 rings (SSSR count). The first kappa shape index (κ1) is 15.8. The van der Waals surface area contributed by atoms with Crippen LogP contribution in [0.3, 0.4) is 0 Å². The maximum absolute atomic E-state index is 12.6. The van der Waals surface area contributed by atoms with Crippen LogP contribution in [0.4, 0.5) is 0 Å². The maximum atomic E-state index is 12.6. The van der Waals surface area contributed by atoms with Gasteiger partial charge in [-0.2, -0.15) is 0 Å². The summed E-state index contributed by atoms with van der Waals surface area (Å²) in [5.41, 5.74) is 3.90. The normalized spacial score (nSPS) is 11.0. The van der Waals surface area contributed by atoms with Crippen molar-refractivity contribution in [3.63, 3.8) is 0 Å². The van der Waals surface area contributed by atoms with Gasteiger partial charge in [0.05, 0.1) is 5.69 Å². The number of carbonyl (C=O) groups excluding carboxylic acids is 1. The minimum absolute atomic E-state index is 0.184. The number of hydrogen-bond donors (Lipinski definition) is 1. The van der Waals surface area contributed by atoms with E-state index < -0.39 is 0 Å². The van der Waals surface area contributed by atoms with Crippen molar-refractivity contribution in [1.29, 1.82) is 0 Å². The Labute approximate surface area is 144 Å². The summed E-state index contributed by atoms with van der Waals surface area (Å²) in [5.74, 6) is -0.184. The first-order chi connectivity index (χ1) is 11.0. The Morgan fingerprint density at radius 2 is 1.91 bits per heavy atom. The largest absolute Gasteiger partial charge is 0.347 e. The molecule has 23 heavy (non-hydrogen) atoms. The number of imidazole rings is 1. The number of pyridine rings is 1. The number of hydrogen-bond acceptors (Lipinski definition) is 2. The molecule has 1 aromatic carbocycles. The van der Waals surface area contributed by atoms with Crippen molar-refractivity contribution in [2.24, 2.45) is 0 Å². The molecule has 0 spiro atoms. The van der Waals surface area contributed by atoms with Crippen LogP contribution in [0.1, 0.15) is 27.3 Å². The zero-order chi connectivity index (χ0) is 16.6. The van der Waals surface area contributed by atoms with E-state index in [9.17, 15) is 4.79 Å². The van der Waals surface area contributed by atoms with Crippen molar-refractivity contribution in [3.8, 4) is 0 Å². The molecule has 4 nitrogen and oxygen atoms in total. The van der Waals surface area contributed by atoms with Crippen LogP contribution in [-0.2, 0) is 6.54 Å². The molecule has 0 bridgehead atoms. The van der Waals surface area contributed by atoms with Gasteiger partial charge in [0.25, 0.3) is 5.91 Å². The van der Waals surface area contributed by atoms with E-state index in [4.69, 9.17) is 23.2 Å².